The van der Waals surface area contributed by atoms with Crippen molar-refractivity contribution in [1.29, 1.82) is 0 Å². The number of amides is 2. The first kappa shape index (κ1) is 16.4. The highest BCUT2D eigenvalue weighted by Gasteiger charge is 2.22. The maximum atomic E-state index is 12.3. The van der Waals surface area contributed by atoms with E-state index < -0.39 is 0 Å². The highest BCUT2D eigenvalue weighted by Crippen LogP contribution is 2.28. The third kappa shape index (κ3) is 3.72. The number of piperazine rings is 1. The number of rotatable bonds is 4. The van der Waals surface area contributed by atoms with Crippen LogP contribution in [0.3, 0.4) is 0 Å². The van der Waals surface area contributed by atoms with Crippen molar-refractivity contribution in [3.8, 4) is 0 Å². The quantitative estimate of drug-likeness (QED) is 0.936. The molecule has 2 aromatic rings. The molecule has 1 fully saturated rings. The van der Waals surface area contributed by atoms with Gasteiger partial charge in [-0.25, -0.2) is 4.79 Å². The highest BCUT2D eigenvalue weighted by atomic mass is 16.3. The standard InChI is InChI=1S/C19H25N3O2/c1-15(2)17-7-3-4-8-18(17)21-9-11-22(12-10-21)19(23)20-14-16-6-5-13-24-16/h3-8,13,15H,9-12,14H2,1-2H3,(H,20,23). The molecule has 2 heterocycles. The lowest BCUT2D eigenvalue weighted by Crippen LogP contribution is -2.51. The lowest BCUT2D eigenvalue weighted by Gasteiger charge is -2.37. The number of anilines is 1. The molecule has 0 saturated carbocycles. The number of carbonyl (C=O) groups is 1. The number of nitrogens with zero attached hydrogens (tertiary/aromatic N) is 2. The summed E-state index contributed by atoms with van der Waals surface area (Å²) in [5.41, 5.74) is 2.66. The molecule has 5 nitrogen and oxygen atoms in total. The summed E-state index contributed by atoms with van der Waals surface area (Å²) in [5, 5.41) is 2.91. The van der Waals surface area contributed by atoms with E-state index in [2.05, 4.69) is 48.3 Å². The van der Waals surface area contributed by atoms with Gasteiger partial charge in [-0.1, -0.05) is 32.0 Å². The van der Waals surface area contributed by atoms with Crippen LogP contribution in [0.1, 0.15) is 31.1 Å². The minimum atomic E-state index is -0.0248. The summed E-state index contributed by atoms with van der Waals surface area (Å²) in [6.07, 6.45) is 1.62. The first-order valence-electron chi connectivity index (χ1n) is 8.54. The van der Waals surface area contributed by atoms with Gasteiger partial charge in [0.1, 0.15) is 5.76 Å². The second-order valence-electron chi connectivity index (χ2n) is 6.43. The molecule has 5 heteroatoms. The minimum Gasteiger partial charge on any atom is -0.467 e. The van der Waals surface area contributed by atoms with Gasteiger partial charge in [0.15, 0.2) is 0 Å². The van der Waals surface area contributed by atoms with Crippen molar-refractivity contribution in [2.75, 3.05) is 31.1 Å². The Labute approximate surface area is 143 Å². The molecule has 1 saturated heterocycles. The Morgan fingerprint density at radius 3 is 2.54 bits per heavy atom. The summed E-state index contributed by atoms with van der Waals surface area (Å²) in [6, 6.07) is 12.2. The third-order valence-corrected chi connectivity index (χ3v) is 4.46. The second kappa shape index (κ2) is 7.43. The van der Waals surface area contributed by atoms with Gasteiger partial charge < -0.3 is 19.5 Å². The maximum Gasteiger partial charge on any atom is 0.317 e. The molecule has 0 spiro atoms. The van der Waals surface area contributed by atoms with Crippen molar-refractivity contribution in [3.05, 3.63) is 54.0 Å². The number of para-hydroxylation sites is 1. The van der Waals surface area contributed by atoms with Crippen molar-refractivity contribution in [2.24, 2.45) is 0 Å². The van der Waals surface area contributed by atoms with E-state index in [0.717, 1.165) is 31.9 Å². The van der Waals surface area contributed by atoms with E-state index >= 15 is 0 Å². The van der Waals surface area contributed by atoms with Gasteiger partial charge in [0.25, 0.3) is 0 Å². The van der Waals surface area contributed by atoms with E-state index in [1.807, 2.05) is 17.0 Å². The van der Waals surface area contributed by atoms with Crippen LogP contribution in [0, 0.1) is 0 Å². The molecule has 3 rings (SSSR count). The van der Waals surface area contributed by atoms with Gasteiger partial charge in [-0.2, -0.15) is 0 Å². The summed E-state index contributed by atoms with van der Waals surface area (Å²) in [5.74, 6) is 1.27. The number of carbonyl (C=O) groups excluding carboxylic acids is 1. The molecule has 2 amide bonds. The van der Waals surface area contributed by atoms with Gasteiger partial charge >= 0.3 is 6.03 Å². The van der Waals surface area contributed by atoms with Crippen molar-refractivity contribution in [1.82, 2.24) is 10.2 Å². The van der Waals surface area contributed by atoms with Crippen LogP contribution in [-0.4, -0.2) is 37.1 Å². The van der Waals surface area contributed by atoms with Crippen LogP contribution in [0.15, 0.2) is 47.1 Å². The normalized spacial score (nSPS) is 15.0. The topological polar surface area (TPSA) is 48.7 Å². The molecule has 0 radical (unpaired) electrons. The van der Waals surface area contributed by atoms with Crippen LogP contribution < -0.4 is 10.2 Å². The second-order valence-corrected chi connectivity index (χ2v) is 6.43. The van der Waals surface area contributed by atoms with Crippen LogP contribution in [0.5, 0.6) is 0 Å². The average molecular weight is 327 g/mol. The van der Waals surface area contributed by atoms with E-state index in [1.54, 1.807) is 6.26 Å². The molecule has 1 aromatic carbocycles. The fourth-order valence-electron chi connectivity index (χ4n) is 3.10. The Morgan fingerprint density at radius 2 is 1.88 bits per heavy atom. The monoisotopic (exact) mass is 327 g/mol. The fourth-order valence-corrected chi connectivity index (χ4v) is 3.10. The molecule has 0 bridgehead atoms. The largest absolute Gasteiger partial charge is 0.467 e. The number of benzene rings is 1. The Hall–Kier alpha value is -2.43. The van der Waals surface area contributed by atoms with Crippen molar-refractivity contribution >= 4 is 11.7 Å². The van der Waals surface area contributed by atoms with Gasteiger partial charge in [0.2, 0.25) is 0 Å². The van der Waals surface area contributed by atoms with E-state index in [4.69, 9.17) is 4.42 Å². The van der Waals surface area contributed by atoms with Gasteiger partial charge in [0, 0.05) is 31.9 Å². The number of nitrogens with one attached hydrogen (secondary N) is 1. The predicted octanol–water partition coefficient (Wildman–Crippen LogP) is 3.43. The molecule has 24 heavy (non-hydrogen) atoms. The first-order valence-corrected chi connectivity index (χ1v) is 8.54. The molecule has 1 aromatic heterocycles. The van der Waals surface area contributed by atoms with E-state index in [1.165, 1.54) is 11.3 Å². The van der Waals surface area contributed by atoms with Crippen molar-refractivity contribution < 1.29 is 9.21 Å². The maximum absolute atomic E-state index is 12.3. The smallest absolute Gasteiger partial charge is 0.317 e. The fraction of sp³-hybridized carbons (Fsp3) is 0.421. The average Bonchev–Trinajstić information content (AvgIpc) is 3.13. The van der Waals surface area contributed by atoms with E-state index in [0.29, 0.717) is 12.5 Å². The van der Waals surface area contributed by atoms with Gasteiger partial charge in [-0.05, 0) is 29.7 Å². The molecular weight excluding hydrogens is 302 g/mol. The predicted molar refractivity (Wildman–Crippen MR) is 95.3 cm³/mol. The summed E-state index contributed by atoms with van der Waals surface area (Å²) in [6.45, 7) is 8.05. The Kier molecular flexibility index (Phi) is 5.08. The van der Waals surface area contributed by atoms with Gasteiger partial charge in [0.05, 0.1) is 12.8 Å². The van der Waals surface area contributed by atoms with Crippen molar-refractivity contribution in [3.63, 3.8) is 0 Å². The molecule has 0 aliphatic carbocycles. The summed E-state index contributed by atoms with van der Waals surface area (Å²) >= 11 is 0. The summed E-state index contributed by atoms with van der Waals surface area (Å²) < 4.78 is 5.24. The molecule has 1 aliphatic rings. The zero-order valence-electron chi connectivity index (χ0n) is 14.4. The summed E-state index contributed by atoms with van der Waals surface area (Å²) in [7, 11) is 0. The Balaban J connectivity index is 1.55. The van der Waals surface area contributed by atoms with Crippen LogP contribution in [0.25, 0.3) is 0 Å². The van der Waals surface area contributed by atoms with Crippen LogP contribution >= 0.6 is 0 Å². The SMILES string of the molecule is CC(C)c1ccccc1N1CCN(C(=O)NCc2ccco2)CC1. The zero-order valence-corrected chi connectivity index (χ0v) is 14.4. The minimum absolute atomic E-state index is 0.0248. The third-order valence-electron chi connectivity index (χ3n) is 4.46. The van der Waals surface area contributed by atoms with E-state index in [9.17, 15) is 4.79 Å². The van der Waals surface area contributed by atoms with Crippen LogP contribution in [0.4, 0.5) is 10.5 Å². The highest BCUT2D eigenvalue weighted by molar-refractivity contribution is 5.74. The molecule has 0 unspecified atom stereocenters. The number of hydrogen-bond acceptors (Lipinski definition) is 3. The molecule has 1 N–H and O–H groups in total. The Morgan fingerprint density at radius 1 is 1.12 bits per heavy atom. The molecule has 128 valence electrons. The molecule has 0 atom stereocenters. The first-order chi connectivity index (χ1) is 11.6. The van der Waals surface area contributed by atoms with Crippen LogP contribution in [0.2, 0.25) is 0 Å². The number of urea groups is 1. The van der Waals surface area contributed by atoms with Crippen LogP contribution in [-0.2, 0) is 6.54 Å². The van der Waals surface area contributed by atoms with Gasteiger partial charge in [-0.15, -0.1) is 0 Å². The molecular formula is C19H25N3O2. The van der Waals surface area contributed by atoms with Crippen molar-refractivity contribution in [2.45, 2.75) is 26.3 Å². The zero-order chi connectivity index (χ0) is 16.9. The van der Waals surface area contributed by atoms with E-state index in [-0.39, 0.29) is 6.03 Å². The number of hydrogen-bond donors (Lipinski definition) is 1. The molecule has 1 aliphatic heterocycles. The Bertz CT molecular complexity index is 659. The van der Waals surface area contributed by atoms with Gasteiger partial charge in [-0.3, -0.25) is 0 Å². The number of furan rings is 1. The summed E-state index contributed by atoms with van der Waals surface area (Å²) in [4.78, 5) is 16.5. The lowest BCUT2D eigenvalue weighted by atomic mass is 10.00. The lowest BCUT2D eigenvalue weighted by molar-refractivity contribution is 0.193.